The summed E-state index contributed by atoms with van der Waals surface area (Å²) in [6.45, 7) is 4.46. The fraction of sp³-hybridized carbons (Fsp3) is 0.857. The summed E-state index contributed by atoms with van der Waals surface area (Å²) in [5, 5.41) is 13.2. The molecule has 0 fully saturated rings. The van der Waals surface area contributed by atoms with Crippen LogP contribution in [0.25, 0.3) is 0 Å². The number of likely N-dealkylation sites (N-methyl/N-ethyl adjacent to an activating group) is 1. The number of nitrogens with zero attached hydrogens (tertiary/aromatic N) is 1. The van der Waals surface area contributed by atoms with E-state index in [-0.39, 0.29) is 19.1 Å². The number of phosphoric ester groups is 1. The van der Waals surface area contributed by atoms with Gasteiger partial charge in [0.1, 0.15) is 13.2 Å². The zero-order valence-corrected chi connectivity index (χ0v) is 20.4. The van der Waals surface area contributed by atoms with Crippen LogP contribution in [-0.4, -0.2) is 73.4 Å². The number of nitrogens with one attached hydrogen (secondary N) is 1. The van der Waals surface area contributed by atoms with Crippen LogP contribution in [-0.2, 0) is 18.4 Å². The van der Waals surface area contributed by atoms with E-state index in [1.54, 1.807) is 6.08 Å². The van der Waals surface area contributed by atoms with Crippen LogP contribution in [0.1, 0.15) is 65.2 Å². The summed E-state index contributed by atoms with van der Waals surface area (Å²) in [5.41, 5.74) is 0. The fourth-order valence-corrected chi connectivity index (χ4v) is 3.29. The van der Waals surface area contributed by atoms with Crippen molar-refractivity contribution >= 4 is 13.7 Å². The Balaban J connectivity index is 4.78. The number of phosphoric acid groups is 1. The molecule has 3 atom stereocenters. The summed E-state index contributed by atoms with van der Waals surface area (Å²) < 4.78 is 22.8. The number of amides is 1. The minimum Gasteiger partial charge on any atom is -0.387 e. The zero-order valence-electron chi connectivity index (χ0n) is 19.5. The van der Waals surface area contributed by atoms with Gasteiger partial charge < -0.3 is 19.8 Å². The molecule has 3 unspecified atom stereocenters. The summed E-state index contributed by atoms with van der Waals surface area (Å²) in [6.07, 6.45) is 9.52. The Morgan fingerprint density at radius 2 is 1.77 bits per heavy atom. The van der Waals surface area contributed by atoms with E-state index in [1.807, 2.05) is 27.2 Å². The predicted octanol–water partition coefficient (Wildman–Crippen LogP) is 3.39. The van der Waals surface area contributed by atoms with E-state index in [0.717, 1.165) is 44.9 Å². The van der Waals surface area contributed by atoms with Gasteiger partial charge in [0.25, 0.3) is 0 Å². The minimum atomic E-state index is -4.28. The Morgan fingerprint density at radius 3 is 2.37 bits per heavy atom. The molecule has 0 aliphatic heterocycles. The van der Waals surface area contributed by atoms with Gasteiger partial charge in [-0.15, -0.1) is 0 Å². The van der Waals surface area contributed by atoms with Gasteiger partial charge in [0.05, 0.1) is 39.9 Å². The zero-order chi connectivity index (χ0) is 23.0. The molecular formula is C21H44N2O6P+. The van der Waals surface area contributed by atoms with Crippen molar-refractivity contribution in [1.82, 2.24) is 5.32 Å². The van der Waals surface area contributed by atoms with Crippen LogP contribution in [0.3, 0.4) is 0 Å². The number of carbonyl (C=O) groups is 1. The lowest BCUT2D eigenvalue weighted by Crippen LogP contribution is -2.45. The third-order valence-corrected chi connectivity index (χ3v) is 5.49. The highest BCUT2D eigenvalue weighted by atomic mass is 31.2. The van der Waals surface area contributed by atoms with Crippen LogP contribution in [0, 0.1) is 0 Å². The molecule has 8 nitrogen and oxygen atoms in total. The number of aliphatic hydroxyl groups excluding tert-OH is 1. The van der Waals surface area contributed by atoms with Crippen molar-refractivity contribution in [3.05, 3.63) is 12.2 Å². The van der Waals surface area contributed by atoms with Gasteiger partial charge in [-0.05, 0) is 12.8 Å². The average Bonchev–Trinajstić information content (AvgIpc) is 2.64. The summed E-state index contributed by atoms with van der Waals surface area (Å²) in [6, 6.07) is -0.830. The molecule has 0 aromatic rings. The Labute approximate surface area is 182 Å². The molecule has 0 radical (unpaired) electrons. The van der Waals surface area contributed by atoms with Crippen LogP contribution in [0.2, 0.25) is 0 Å². The lowest BCUT2D eigenvalue weighted by molar-refractivity contribution is -0.870. The van der Waals surface area contributed by atoms with E-state index >= 15 is 0 Å². The van der Waals surface area contributed by atoms with Crippen molar-refractivity contribution in [2.24, 2.45) is 0 Å². The predicted molar refractivity (Wildman–Crippen MR) is 120 cm³/mol. The second-order valence-electron chi connectivity index (χ2n) is 8.66. The van der Waals surface area contributed by atoms with E-state index < -0.39 is 20.0 Å². The van der Waals surface area contributed by atoms with E-state index in [0.29, 0.717) is 17.4 Å². The molecule has 0 spiro atoms. The van der Waals surface area contributed by atoms with Gasteiger partial charge in [-0.25, -0.2) is 4.57 Å². The van der Waals surface area contributed by atoms with Crippen molar-refractivity contribution in [3.8, 4) is 0 Å². The quantitative estimate of drug-likeness (QED) is 0.128. The molecular weight excluding hydrogens is 407 g/mol. The van der Waals surface area contributed by atoms with Crippen LogP contribution in [0.5, 0.6) is 0 Å². The average molecular weight is 452 g/mol. The molecule has 9 heteroatoms. The molecule has 0 heterocycles. The second kappa shape index (κ2) is 16.0. The van der Waals surface area contributed by atoms with E-state index in [4.69, 9.17) is 9.05 Å². The summed E-state index contributed by atoms with van der Waals surface area (Å²) in [5.74, 6) is -0.209. The smallest absolute Gasteiger partial charge is 0.387 e. The fourth-order valence-electron chi connectivity index (χ4n) is 2.55. The first-order valence-corrected chi connectivity index (χ1v) is 12.6. The Bertz CT molecular complexity index is 536. The van der Waals surface area contributed by atoms with Crippen molar-refractivity contribution < 1.29 is 32.9 Å². The monoisotopic (exact) mass is 451 g/mol. The van der Waals surface area contributed by atoms with E-state index in [2.05, 4.69) is 19.2 Å². The number of rotatable bonds is 18. The Hall–Kier alpha value is -0.760. The lowest BCUT2D eigenvalue weighted by atomic mass is 10.1. The maximum Gasteiger partial charge on any atom is 0.472 e. The first kappa shape index (κ1) is 29.2. The number of unbranched alkanes of at least 4 members (excludes halogenated alkanes) is 5. The van der Waals surface area contributed by atoms with Crippen LogP contribution in [0.15, 0.2) is 12.2 Å². The first-order chi connectivity index (χ1) is 14.0. The maximum absolute atomic E-state index is 12.2. The molecule has 0 saturated heterocycles. The molecule has 0 rings (SSSR count). The second-order valence-corrected chi connectivity index (χ2v) is 10.1. The molecule has 178 valence electrons. The normalized spacial score (nSPS) is 16.4. The third kappa shape index (κ3) is 17.0. The van der Waals surface area contributed by atoms with Gasteiger partial charge in [0.15, 0.2) is 0 Å². The maximum atomic E-state index is 12.2. The third-order valence-electron chi connectivity index (χ3n) is 4.51. The number of allylic oxidation sites excluding steroid dienone is 1. The van der Waals surface area contributed by atoms with Crippen LogP contribution < -0.4 is 5.32 Å². The Kier molecular flexibility index (Phi) is 15.6. The van der Waals surface area contributed by atoms with Gasteiger partial charge in [-0.2, -0.15) is 0 Å². The largest absolute Gasteiger partial charge is 0.472 e. The molecule has 30 heavy (non-hydrogen) atoms. The first-order valence-electron chi connectivity index (χ1n) is 11.1. The van der Waals surface area contributed by atoms with Crippen molar-refractivity contribution in [2.75, 3.05) is 40.9 Å². The van der Waals surface area contributed by atoms with E-state index in [9.17, 15) is 19.4 Å². The molecule has 0 aliphatic carbocycles. The highest BCUT2D eigenvalue weighted by molar-refractivity contribution is 7.47. The molecule has 0 saturated carbocycles. The molecule has 3 N–H and O–H groups in total. The van der Waals surface area contributed by atoms with Crippen molar-refractivity contribution in [1.29, 1.82) is 0 Å². The number of hydrogen-bond donors (Lipinski definition) is 3. The summed E-state index contributed by atoms with van der Waals surface area (Å²) >= 11 is 0. The van der Waals surface area contributed by atoms with Gasteiger partial charge in [0.2, 0.25) is 5.91 Å². The topological polar surface area (TPSA) is 105 Å². The summed E-state index contributed by atoms with van der Waals surface area (Å²) in [7, 11) is 1.55. The van der Waals surface area contributed by atoms with Crippen molar-refractivity contribution in [2.45, 2.75) is 77.4 Å². The standard InChI is InChI=1S/C21H43N2O6P/c1-6-8-10-12-14-20(24)19(22-21(25)15-13-11-9-7-2)18-29-30(26,27)28-17-16-23(3,4)5/h12,14,19-20,24H,6-11,13,15-18H2,1-5H3,(H-,22,25,26,27)/p+1/b14-12+. The van der Waals surface area contributed by atoms with Gasteiger partial charge in [0, 0.05) is 6.42 Å². The SMILES string of the molecule is CCCC/C=C/C(O)C(COP(=O)(O)OCC[N+](C)(C)C)NC(=O)CCCCCC. The molecule has 0 aromatic heterocycles. The van der Waals surface area contributed by atoms with Gasteiger partial charge in [-0.1, -0.05) is 58.1 Å². The van der Waals surface area contributed by atoms with Crippen LogP contribution in [0.4, 0.5) is 0 Å². The summed E-state index contributed by atoms with van der Waals surface area (Å²) in [4.78, 5) is 22.2. The molecule has 0 aromatic carbocycles. The highest BCUT2D eigenvalue weighted by Gasteiger charge is 2.27. The molecule has 0 bridgehead atoms. The number of quaternary nitrogens is 1. The van der Waals surface area contributed by atoms with E-state index in [1.165, 1.54) is 0 Å². The highest BCUT2D eigenvalue weighted by Crippen LogP contribution is 2.43. The Morgan fingerprint density at radius 1 is 1.10 bits per heavy atom. The minimum absolute atomic E-state index is 0.0607. The number of carbonyl (C=O) groups excluding carboxylic acids is 1. The van der Waals surface area contributed by atoms with Gasteiger partial charge >= 0.3 is 7.82 Å². The molecule has 0 aliphatic rings. The van der Waals surface area contributed by atoms with Gasteiger partial charge in [-0.3, -0.25) is 13.8 Å². The lowest BCUT2D eigenvalue weighted by Gasteiger charge is -2.25. The number of aliphatic hydroxyl groups is 1. The van der Waals surface area contributed by atoms with Crippen molar-refractivity contribution in [3.63, 3.8) is 0 Å². The molecule has 1 amide bonds. The number of hydrogen-bond acceptors (Lipinski definition) is 5. The van der Waals surface area contributed by atoms with Crippen LogP contribution >= 0.6 is 7.82 Å².